The number of hydrogen-bond acceptors (Lipinski definition) is 4. The van der Waals surface area contributed by atoms with Gasteiger partial charge in [0.05, 0.1) is 12.6 Å². The Balaban J connectivity index is 1.42. The highest BCUT2D eigenvalue weighted by Crippen LogP contribution is 2.32. The van der Waals surface area contributed by atoms with Gasteiger partial charge in [-0.15, -0.1) is 0 Å². The topological polar surface area (TPSA) is 56.8 Å². The van der Waals surface area contributed by atoms with Crippen LogP contribution in [0.25, 0.3) is 0 Å². The van der Waals surface area contributed by atoms with Gasteiger partial charge < -0.3 is 19.5 Å². The van der Waals surface area contributed by atoms with Gasteiger partial charge in [-0.05, 0) is 55.3 Å². The van der Waals surface area contributed by atoms with E-state index in [0.717, 1.165) is 22.8 Å². The van der Waals surface area contributed by atoms with Crippen LogP contribution in [0.15, 0.2) is 42.5 Å². The molecule has 2 aromatic carbocycles. The van der Waals surface area contributed by atoms with Gasteiger partial charge in [0.2, 0.25) is 5.91 Å². The summed E-state index contributed by atoms with van der Waals surface area (Å²) in [5.74, 6) is 2.22. The van der Waals surface area contributed by atoms with Crippen LogP contribution in [0.3, 0.4) is 0 Å². The van der Waals surface area contributed by atoms with E-state index < -0.39 is 0 Å². The minimum Gasteiger partial charge on any atom is -0.494 e. The molecular weight excluding hydrogens is 354 g/mol. The smallest absolute Gasteiger partial charge is 0.220 e. The van der Waals surface area contributed by atoms with E-state index in [1.807, 2.05) is 37.3 Å². The number of benzene rings is 2. The molecule has 0 bridgehead atoms. The average molecular weight is 376 g/mol. The van der Waals surface area contributed by atoms with Crippen LogP contribution in [0.4, 0.5) is 0 Å². The molecule has 26 heavy (non-hydrogen) atoms. The highest BCUT2D eigenvalue weighted by Gasteiger charge is 2.15. The third-order valence-corrected chi connectivity index (χ3v) is 4.33. The molecule has 1 aliphatic rings. The van der Waals surface area contributed by atoms with E-state index in [-0.39, 0.29) is 11.9 Å². The summed E-state index contributed by atoms with van der Waals surface area (Å²) in [6, 6.07) is 12.8. The predicted octanol–water partition coefficient (Wildman–Crippen LogP) is 4.15. The Bertz CT molecular complexity index is 748. The number of hydrogen-bond donors (Lipinski definition) is 1. The van der Waals surface area contributed by atoms with Crippen LogP contribution >= 0.6 is 11.6 Å². The lowest BCUT2D eigenvalue weighted by atomic mass is 10.1. The lowest BCUT2D eigenvalue weighted by Crippen LogP contribution is -2.27. The Hall–Kier alpha value is -2.40. The molecule has 138 valence electrons. The molecule has 0 aliphatic carbocycles. The minimum absolute atomic E-state index is 0.00732. The molecule has 0 saturated carbocycles. The van der Waals surface area contributed by atoms with Crippen molar-refractivity contribution >= 4 is 17.5 Å². The van der Waals surface area contributed by atoms with Crippen molar-refractivity contribution in [3.8, 4) is 17.2 Å². The van der Waals surface area contributed by atoms with Crippen LogP contribution in [0.5, 0.6) is 17.2 Å². The molecule has 2 aromatic rings. The first kappa shape index (κ1) is 18.4. The first-order chi connectivity index (χ1) is 12.6. The van der Waals surface area contributed by atoms with Crippen molar-refractivity contribution < 1.29 is 19.0 Å². The Morgan fingerprint density at radius 2 is 1.88 bits per heavy atom. The zero-order valence-electron chi connectivity index (χ0n) is 14.7. The maximum Gasteiger partial charge on any atom is 0.220 e. The minimum atomic E-state index is -0.101. The van der Waals surface area contributed by atoms with E-state index >= 15 is 0 Å². The Labute approximate surface area is 158 Å². The number of carbonyl (C=O) groups excluding carboxylic acids is 1. The lowest BCUT2D eigenvalue weighted by molar-refractivity contribution is -0.121. The summed E-state index contributed by atoms with van der Waals surface area (Å²) in [6.07, 6.45) is 1.05. The molecule has 1 heterocycles. The fourth-order valence-corrected chi connectivity index (χ4v) is 2.81. The van der Waals surface area contributed by atoms with Crippen LogP contribution in [0, 0.1) is 0 Å². The van der Waals surface area contributed by atoms with Crippen LogP contribution in [-0.2, 0) is 4.79 Å². The molecular formula is C20H22ClNO4. The molecule has 1 amide bonds. The average Bonchev–Trinajstić information content (AvgIpc) is 2.66. The molecule has 6 heteroatoms. The van der Waals surface area contributed by atoms with Gasteiger partial charge in [0.25, 0.3) is 0 Å². The SMILES string of the molecule is CC(NC(=O)CCCOc1ccc(Cl)cc1)c1ccc2c(c1)OCCO2. The Morgan fingerprint density at radius 3 is 2.65 bits per heavy atom. The highest BCUT2D eigenvalue weighted by molar-refractivity contribution is 6.30. The van der Waals surface area contributed by atoms with E-state index in [9.17, 15) is 4.79 Å². The van der Waals surface area contributed by atoms with E-state index in [1.54, 1.807) is 12.1 Å². The number of halogens is 1. The van der Waals surface area contributed by atoms with Crippen molar-refractivity contribution in [1.82, 2.24) is 5.32 Å². The van der Waals surface area contributed by atoms with Gasteiger partial charge in [0.1, 0.15) is 19.0 Å². The summed E-state index contributed by atoms with van der Waals surface area (Å²) in [5.41, 5.74) is 0.986. The first-order valence-electron chi connectivity index (χ1n) is 8.69. The molecule has 3 rings (SSSR count). The zero-order valence-corrected chi connectivity index (χ0v) is 15.4. The van der Waals surface area contributed by atoms with Gasteiger partial charge in [-0.25, -0.2) is 0 Å². The summed E-state index contributed by atoms with van der Waals surface area (Å²) < 4.78 is 16.7. The monoisotopic (exact) mass is 375 g/mol. The Kier molecular flexibility index (Phi) is 6.23. The summed E-state index contributed by atoms with van der Waals surface area (Å²) in [7, 11) is 0. The maximum absolute atomic E-state index is 12.1. The van der Waals surface area contributed by atoms with Crippen LogP contribution in [0.1, 0.15) is 31.4 Å². The van der Waals surface area contributed by atoms with Crippen molar-refractivity contribution in [2.45, 2.75) is 25.8 Å². The Morgan fingerprint density at radius 1 is 1.15 bits per heavy atom. The summed E-state index contributed by atoms with van der Waals surface area (Å²) in [4.78, 5) is 12.1. The van der Waals surface area contributed by atoms with Crippen molar-refractivity contribution in [3.05, 3.63) is 53.1 Å². The molecule has 0 saturated heterocycles. The van der Waals surface area contributed by atoms with E-state index in [0.29, 0.717) is 37.7 Å². The molecule has 0 spiro atoms. The summed E-state index contributed by atoms with van der Waals surface area (Å²) >= 11 is 5.83. The summed E-state index contributed by atoms with van der Waals surface area (Å²) in [5, 5.41) is 3.67. The second kappa shape index (κ2) is 8.81. The normalized spacial score (nSPS) is 13.8. The van der Waals surface area contributed by atoms with Gasteiger partial charge >= 0.3 is 0 Å². The number of nitrogens with one attached hydrogen (secondary N) is 1. The fraction of sp³-hybridized carbons (Fsp3) is 0.350. The predicted molar refractivity (Wildman–Crippen MR) is 100 cm³/mol. The fourth-order valence-electron chi connectivity index (χ4n) is 2.68. The second-order valence-electron chi connectivity index (χ2n) is 6.10. The van der Waals surface area contributed by atoms with Gasteiger partial charge in [-0.3, -0.25) is 4.79 Å². The zero-order chi connectivity index (χ0) is 18.4. The van der Waals surface area contributed by atoms with Crippen LogP contribution in [-0.4, -0.2) is 25.7 Å². The molecule has 5 nitrogen and oxygen atoms in total. The molecule has 0 radical (unpaired) electrons. The molecule has 0 fully saturated rings. The number of amides is 1. The van der Waals surface area contributed by atoms with E-state index in [4.69, 9.17) is 25.8 Å². The number of carbonyl (C=O) groups is 1. The van der Waals surface area contributed by atoms with Crippen molar-refractivity contribution in [1.29, 1.82) is 0 Å². The highest BCUT2D eigenvalue weighted by atomic mass is 35.5. The molecule has 1 atom stereocenters. The van der Waals surface area contributed by atoms with Crippen molar-refractivity contribution in [2.24, 2.45) is 0 Å². The third kappa shape index (κ3) is 5.05. The maximum atomic E-state index is 12.1. The van der Waals surface area contributed by atoms with Gasteiger partial charge in [-0.2, -0.15) is 0 Å². The van der Waals surface area contributed by atoms with Crippen LogP contribution < -0.4 is 19.5 Å². The van der Waals surface area contributed by atoms with Gasteiger partial charge in [-0.1, -0.05) is 17.7 Å². The third-order valence-electron chi connectivity index (χ3n) is 4.07. The molecule has 1 N–H and O–H groups in total. The second-order valence-corrected chi connectivity index (χ2v) is 6.53. The number of fused-ring (bicyclic) bond motifs is 1. The van der Waals surface area contributed by atoms with Crippen molar-refractivity contribution in [2.75, 3.05) is 19.8 Å². The van der Waals surface area contributed by atoms with Gasteiger partial charge in [0.15, 0.2) is 11.5 Å². The molecule has 1 unspecified atom stereocenters. The van der Waals surface area contributed by atoms with Crippen LogP contribution in [0.2, 0.25) is 5.02 Å². The quantitative estimate of drug-likeness (QED) is 0.739. The number of rotatable bonds is 7. The summed E-state index contributed by atoms with van der Waals surface area (Å²) in [6.45, 7) is 3.54. The lowest BCUT2D eigenvalue weighted by Gasteiger charge is -2.21. The first-order valence-corrected chi connectivity index (χ1v) is 9.07. The van der Waals surface area contributed by atoms with Crippen molar-refractivity contribution in [3.63, 3.8) is 0 Å². The van der Waals surface area contributed by atoms with E-state index in [1.165, 1.54) is 0 Å². The largest absolute Gasteiger partial charge is 0.494 e. The molecule has 0 aromatic heterocycles. The van der Waals surface area contributed by atoms with E-state index in [2.05, 4.69) is 5.32 Å². The van der Waals surface area contributed by atoms with Gasteiger partial charge in [0, 0.05) is 11.4 Å². The number of ether oxygens (including phenoxy) is 3. The standard InChI is InChI=1S/C20H22ClNO4/c1-14(15-4-9-18-19(13-15)26-12-11-25-18)22-20(23)3-2-10-24-17-7-5-16(21)6-8-17/h4-9,13-14H,2-3,10-12H2,1H3,(H,22,23). The molecule has 1 aliphatic heterocycles.